The summed E-state index contributed by atoms with van der Waals surface area (Å²) in [7, 11) is 0. The second-order valence-corrected chi connectivity index (χ2v) is 8.82. The zero-order valence-electron chi connectivity index (χ0n) is 17.8. The van der Waals surface area contributed by atoms with Gasteiger partial charge in [-0.15, -0.1) is 0 Å². The molecule has 1 aliphatic rings. The number of nitrogens with zero attached hydrogens (tertiary/aromatic N) is 1. The van der Waals surface area contributed by atoms with Crippen LogP contribution in [0.3, 0.4) is 0 Å². The minimum atomic E-state index is -1.65. The normalized spacial score (nSPS) is 27.2. The number of aliphatic hydroxyl groups is 1. The zero-order chi connectivity index (χ0) is 21.8. The van der Waals surface area contributed by atoms with Gasteiger partial charge in [0, 0.05) is 24.7 Å². The lowest BCUT2D eigenvalue weighted by Gasteiger charge is -2.43. The Morgan fingerprint density at radius 1 is 1.17 bits per heavy atom. The average Bonchev–Trinajstić information content (AvgIpc) is 2.63. The molecule has 1 fully saturated rings. The summed E-state index contributed by atoms with van der Waals surface area (Å²) in [6.07, 6.45) is 2.74. The van der Waals surface area contributed by atoms with Crippen LogP contribution in [0.15, 0.2) is 24.5 Å². The molecule has 0 radical (unpaired) electrons. The molecule has 7 heteroatoms. The Morgan fingerprint density at radius 2 is 1.76 bits per heavy atom. The van der Waals surface area contributed by atoms with E-state index in [9.17, 15) is 19.5 Å². The SMILES string of the molecule is CC(C)COC(=O)[C@H]1C(=O)C[C@](C)(O)[C@H](C(=O)OCC(C)C)[C@@H]1c1cccnc1. The largest absolute Gasteiger partial charge is 0.465 e. The van der Waals surface area contributed by atoms with Crippen LogP contribution in [0.2, 0.25) is 0 Å². The Kier molecular flexibility index (Phi) is 7.52. The van der Waals surface area contributed by atoms with Gasteiger partial charge in [-0.25, -0.2) is 0 Å². The van der Waals surface area contributed by atoms with E-state index in [1.807, 2.05) is 27.7 Å². The number of Topliss-reactive ketones (excluding diaryl/α,β-unsaturated/α-hetero) is 1. The molecule has 1 N–H and O–H groups in total. The topological polar surface area (TPSA) is 103 Å². The Morgan fingerprint density at radius 3 is 2.28 bits per heavy atom. The fourth-order valence-corrected chi connectivity index (χ4v) is 3.67. The maximum atomic E-state index is 13.0. The van der Waals surface area contributed by atoms with E-state index in [2.05, 4.69) is 4.98 Å². The van der Waals surface area contributed by atoms with Crippen molar-refractivity contribution in [3.8, 4) is 0 Å². The molecule has 1 aromatic heterocycles. The van der Waals surface area contributed by atoms with Crippen molar-refractivity contribution in [2.24, 2.45) is 23.7 Å². The third-order valence-electron chi connectivity index (χ3n) is 4.96. The van der Waals surface area contributed by atoms with Crippen molar-refractivity contribution in [3.63, 3.8) is 0 Å². The van der Waals surface area contributed by atoms with Gasteiger partial charge in [0.2, 0.25) is 0 Å². The van der Waals surface area contributed by atoms with Gasteiger partial charge in [-0.1, -0.05) is 33.8 Å². The van der Waals surface area contributed by atoms with Crippen molar-refractivity contribution in [1.82, 2.24) is 4.98 Å². The minimum Gasteiger partial charge on any atom is -0.465 e. The van der Waals surface area contributed by atoms with Crippen molar-refractivity contribution >= 4 is 17.7 Å². The molecule has 0 bridgehead atoms. The fraction of sp³-hybridized carbons (Fsp3) is 0.636. The summed E-state index contributed by atoms with van der Waals surface area (Å²) in [4.78, 5) is 42.8. The molecule has 29 heavy (non-hydrogen) atoms. The highest BCUT2D eigenvalue weighted by molar-refractivity contribution is 6.02. The Balaban J connectivity index is 2.47. The smallest absolute Gasteiger partial charge is 0.317 e. The number of carbonyl (C=O) groups is 3. The van der Waals surface area contributed by atoms with E-state index in [1.54, 1.807) is 18.3 Å². The molecule has 1 saturated carbocycles. The molecular formula is C22H31NO6. The molecule has 0 aromatic carbocycles. The molecule has 2 rings (SSSR count). The molecule has 7 nitrogen and oxygen atoms in total. The van der Waals surface area contributed by atoms with Crippen LogP contribution in [-0.2, 0) is 23.9 Å². The predicted molar refractivity (Wildman–Crippen MR) is 106 cm³/mol. The van der Waals surface area contributed by atoms with Crippen LogP contribution < -0.4 is 0 Å². The van der Waals surface area contributed by atoms with Gasteiger partial charge in [-0.2, -0.15) is 0 Å². The third-order valence-corrected chi connectivity index (χ3v) is 4.96. The first-order chi connectivity index (χ1) is 13.5. The van der Waals surface area contributed by atoms with Crippen molar-refractivity contribution in [2.75, 3.05) is 13.2 Å². The molecule has 0 saturated heterocycles. The number of esters is 2. The maximum Gasteiger partial charge on any atom is 0.317 e. The predicted octanol–water partition coefficient (Wildman–Crippen LogP) is 2.52. The molecule has 160 valence electrons. The molecule has 4 atom stereocenters. The number of ether oxygens (including phenoxy) is 2. The lowest BCUT2D eigenvalue weighted by atomic mass is 9.62. The number of pyridine rings is 1. The highest BCUT2D eigenvalue weighted by Gasteiger charge is 2.57. The van der Waals surface area contributed by atoms with Crippen molar-refractivity contribution in [3.05, 3.63) is 30.1 Å². The summed E-state index contributed by atoms with van der Waals surface area (Å²) in [5.74, 6) is -4.78. The number of carbonyl (C=O) groups excluding carboxylic acids is 3. The van der Waals surface area contributed by atoms with Gasteiger partial charge in [0.25, 0.3) is 0 Å². The molecule has 0 unspecified atom stereocenters. The average molecular weight is 405 g/mol. The van der Waals surface area contributed by atoms with Gasteiger partial charge in [-0.05, 0) is 30.4 Å². The van der Waals surface area contributed by atoms with Gasteiger partial charge in [-0.3, -0.25) is 19.4 Å². The number of ketones is 1. The number of hydrogen-bond donors (Lipinski definition) is 1. The first kappa shape index (κ1) is 23.0. The highest BCUT2D eigenvalue weighted by Crippen LogP contribution is 2.46. The van der Waals surface area contributed by atoms with E-state index in [0.29, 0.717) is 5.56 Å². The maximum absolute atomic E-state index is 13.0. The quantitative estimate of drug-likeness (QED) is 0.549. The molecular weight excluding hydrogens is 374 g/mol. The Hall–Kier alpha value is -2.28. The number of aromatic nitrogens is 1. The summed E-state index contributed by atoms with van der Waals surface area (Å²) < 4.78 is 10.8. The Labute approximate surface area is 171 Å². The van der Waals surface area contributed by atoms with Crippen molar-refractivity contribution in [2.45, 2.75) is 52.6 Å². The first-order valence-corrected chi connectivity index (χ1v) is 10.0. The van der Waals surface area contributed by atoms with Crippen LogP contribution in [0, 0.1) is 23.7 Å². The molecule has 1 aliphatic carbocycles. The third kappa shape index (κ3) is 5.63. The first-order valence-electron chi connectivity index (χ1n) is 10.0. The highest BCUT2D eigenvalue weighted by atomic mass is 16.5. The van der Waals surface area contributed by atoms with E-state index in [4.69, 9.17) is 9.47 Å². The molecule has 0 aliphatic heterocycles. The van der Waals surface area contributed by atoms with Crippen LogP contribution in [0.25, 0.3) is 0 Å². The minimum absolute atomic E-state index is 0.101. The lowest BCUT2D eigenvalue weighted by Crippen LogP contribution is -2.55. The Bertz CT molecular complexity index is 728. The zero-order valence-corrected chi connectivity index (χ0v) is 17.8. The molecule has 1 heterocycles. The van der Waals surface area contributed by atoms with Gasteiger partial charge in [0.05, 0.1) is 24.7 Å². The molecule has 0 amide bonds. The van der Waals surface area contributed by atoms with E-state index in [1.165, 1.54) is 13.1 Å². The second-order valence-electron chi connectivity index (χ2n) is 8.82. The summed E-state index contributed by atoms with van der Waals surface area (Å²) in [6, 6.07) is 3.36. The van der Waals surface area contributed by atoms with E-state index in [-0.39, 0.29) is 31.5 Å². The van der Waals surface area contributed by atoms with Crippen molar-refractivity contribution in [1.29, 1.82) is 0 Å². The summed E-state index contributed by atoms with van der Waals surface area (Å²) in [6.45, 7) is 9.38. The summed E-state index contributed by atoms with van der Waals surface area (Å²) >= 11 is 0. The van der Waals surface area contributed by atoms with E-state index >= 15 is 0 Å². The summed E-state index contributed by atoms with van der Waals surface area (Å²) in [5.41, 5.74) is -1.14. The van der Waals surface area contributed by atoms with Crippen LogP contribution in [0.1, 0.15) is 52.5 Å². The van der Waals surface area contributed by atoms with Crippen LogP contribution in [-0.4, -0.2) is 46.6 Å². The second kappa shape index (κ2) is 9.48. The number of hydrogen-bond acceptors (Lipinski definition) is 7. The van der Waals surface area contributed by atoms with Gasteiger partial charge in [0.1, 0.15) is 5.92 Å². The lowest BCUT2D eigenvalue weighted by molar-refractivity contribution is -0.173. The fourth-order valence-electron chi connectivity index (χ4n) is 3.67. The summed E-state index contributed by atoms with van der Waals surface area (Å²) in [5, 5.41) is 11.0. The van der Waals surface area contributed by atoms with Crippen LogP contribution >= 0.6 is 0 Å². The van der Waals surface area contributed by atoms with Gasteiger partial charge in [0.15, 0.2) is 5.78 Å². The number of rotatable bonds is 7. The molecule has 0 spiro atoms. The van der Waals surface area contributed by atoms with Crippen LogP contribution in [0.4, 0.5) is 0 Å². The van der Waals surface area contributed by atoms with Crippen LogP contribution in [0.5, 0.6) is 0 Å². The monoisotopic (exact) mass is 405 g/mol. The standard InChI is InChI=1S/C22H31NO6/c1-13(2)11-28-20(25)18-16(24)9-22(5,27)19(21(26)29-12-14(3)4)17(18)15-7-6-8-23-10-15/h6-8,10,13-14,17-19,27H,9,11-12H2,1-5H3/t17-,18+,19+,22+/m1/s1. The van der Waals surface area contributed by atoms with E-state index < -0.39 is 41.1 Å². The van der Waals surface area contributed by atoms with Crippen molar-refractivity contribution < 1.29 is 29.0 Å². The van der Waals surface area contributed by atoms with Gasteiger partial charge < -0.3 is 14.6 Å². The van der Waals surface area contributed by atoms with Gasteiger partial charge >= 0.3 is 11.9 Å². The molecule has 1 aromatic rings. The van der Waals surface area contributed by atoms with E-state index in [0.717, 1.165) is 0 Å².